The number of rotatable bonds is 0. The smallest absolute Gasteiger partial charge is 0.180 e. The second-order valence-electron chi connectivity index (χ2n) is 2.91. The van der Waals surface area contributed by atoms with Crippen molar-refractivity contribution in [2.45, 2.75) is 13.0 Å². The van der Waals surface area contributed by atoms with Gasteiger partial charge < -0.3 is 0 Å². The van der Waals surface area contributed by atoms with E-state index in [4.69, 9.17) is 0 Å². The van der Waals surface area contributed by atoms with E-state index in [0.29, 0.717) is 0 Å². The van der Waals surface area contributed by atoms with Crippen molar-refractivity contribution in [3.63, 3.8) is 0 Å². The Morgan fingerprint density at radius 1 is 1.33 bits per heavy atom. The summed E-state index contributed by atoms with van der Waals surface area (Å²) in [6, 6.07) is 7.46. The Labute approximate surface area is 70.3 Å². The first-order chi connectivity index (χ1) is 5.77. The maximum atomic E-state index is 11.2. The molecule has 0 aliphatic carbocycles. The van der Waals surface area contributed by atoms with Gasteiger partial charge in [0.15, 0.2) is 5.78 Å². The van der Waals surface area contributed by atoms with Crippen molar-refractivity contribution in [1.29, 1.82) is 0 Å². The van der Waals surface area contributed by atoms with E-state index in [2.05, 4.69) is 4.99 Å². The number of hydrogen-bond donors (Lipinski definition) is 0. The number of para-hydroxylation sites is 1. The monoisotopic (exact) mass is 159 g/mol. The highest BCUT2D eigenvalue weighted by Gasteiger charge is 2.10. The van der Waals surface area contributed by atoms with E-state index in [9.17, 15) is 4.79 Å². The van der Waals surface area contributed by atoms with Gasteiger partial charge in [-0.15, -0.1) is 0 Å². The Bertz CT molecular complexity index is 433. The number of hydrogen-bond acceptors (Lipinski definition) is 2. The van der Waals surface area contributed by atoms with Crippen LogP contribution >= 0.6 is 0 Å². The lowest BCUT2D eigenvalue weighted by Crippen LogP contribution is -2.34. The van der Waals surface area contributed by atoms with Gasteiger partial charge in [-0.1, -0.05) is 18.2 Å². The normalized spacial score (nSPS) is 20.8. The fourth-order valence-corrected chi connectivity index (χ4v) is 1.27. The summed E-state index contributed by atoms with van der Waals surface area (Å²) in [6.45, 7) is 1.81. The van der Waals surface area contributed by atoms with Crippen LogP contribution in [0.4, 0.5) is 0 Å². The van der Waals surface area contributed by atoms with Gasteiger partial charge in [-0.3, -0.25) is 9.79 Å². The Kier molecular flexibility index (Phi) is 1.54. The molecule has 1 aromatic rings. The van der Waals surface area contributed by atoms with Crippen LogP contribution in [0.25, 0.3) is 6.08 Å². The quantitative estimate of drug-likeness (QED) is 0.526. The van der Waals surface area contributed by atoms with E-state index in [1.807, 2.05) is 31.2 Å². The van der Waals surface area contributed by atoms with Gasteiger partial charge in [-0.05, 0) is 19.1 Å². The molecule has 0 radical (unpaired) electrons. The molecule has 0 N–H and O–H groups in total. The van der Waals surface area contributed by atoms with Crippen LogP contribution < -0.4 is 10.6 Å². The molecule has 0 amide bonds. The second kappa shape index (κ2) is 2.55. The van der Waals surface area contributed by atoms with E-state index in [0.717, 1.165) is 10.6 Å². The van der Waals surface area contributed by atoms with Gasteiger partial charge in [0.05, 0.1) is 5.36 Å². The predicted molar refractivity (Wildman–Crippen MR) is 46.2 cm³/mol. The molecule has 1 atom stereocenters. The minimum Gasteiger partial charge on any atom is -0.292 e. The number of fused-ring (bicyclic) bond motifs is 1. The van der Waals surface area contributed by atoms with Gasteiger partial charge >= 0.3 is 0 Å². The Hall–Kier alpha value is -1.44. The highest BCUT2D eigenvalue weighted by Crippen LogP contribution is 1.94. The molecule has 2 nitrogen and oxygen atoms in total. The first kappa shape index (κ1) is 7.22. The predicted octanol–water partition coefficient (Wildman–Crippen LogP) is 0.0579. The number of ketones is 1. The SMILES string of the molecule is C[C@@H]1N=c2ccccc2=CC1=O. The zero-order valence-electron chi connectivity index (χ0n) is 6.82. The molecule has 1 aromatic carbocycles. The lowest BCUT2D eigenvalue weighted by Gasteiger charge is -2.05. The maximum Gasteiger partial charge on any atom is 0.180 e. The summed E-state index contributed by atoms with van der Waals surface area (Å²) in [4.78, 5) is 15.5. The van der Waals surface area contributed by atoms with Gasteiger partial charge in [0.1, 0.15) is 6.04 Å². The fraction of sp³-hybridized carbons (Fsp3) is 0.200. The van der Waals surface area contributed by atoms with Crippen LogP contribution in [0.15, 0.2) is 29.3 Å². The molecule has 0 aromatic heterocycles. The van der Waals surface area contributed by atoms with Crippen molar-refractivity contribution < 1.29 is 4.79 Å². The molecule has 60 valence electrons. The standard InChI is InChI=1S/C10H9NO/c1-7-10(12)6-8-4-2-3-5-9(8)11-7/h2-7H,1H3/t7-/m0/s1. The van der Waals surface area contributed by atoms with Crippen molar-refractivity contribution in [3.8, 4) is 0 Å². The zero-order valence-corrected chi connectivity index (χ0v) is 6.82. The van der Waals surface area contributed by atoms with Crippen LogP contribution in [0.5, 0.6) is 0 Å². The first-order valence-corrected chi connectivity index (χ1v) is 3.96. The summed E-state index contributed by atoms with van der Waals surface area (Å²) in [5.74, 6) is 0.0914. The summed E-state index contributed by atoms with van der Waals surface area (Å²) in [6.07, 6.45) is 1.66. The number of carbonyl (C=O) groups is 1. The van der Waals surface area contributed by atoms with Crippen LogP contribution in [0.2, 0.25) is 0 Å². The van der Waals surface area contributed by atoms with E-state index in [1.54, 1.807) is 6.08 Å². The fourth-order valence-electron chi connectivity index (χ4n) is 1.27. The molecule has 0 saturated carbocycles. The summed E-state index contributed by atoms with van der Waals surface area (Å²) < 4.78 is 0. The van der Waals surface area contributed by atoms with Crippen LogP contribution in [0.1, 0.15) is 6.92 Å². The first-order valence-electron chi connectivity index (χ1n) is 3.96. The summed E-state index contributed by atoms with van der Waals surface area (Å²) >= 11 is 0. The molecule has 0 saturated heterocycles. The maximum absolute atomic E-state index is 11.2. The minimum atomic E-state index is -0.208. The largest absolute Gasteiger partial charge is 0.292 e. The highest BCUT2D eigenvalue weighted by atomic mass is 16.1. The molecular weight excluding hydrogens is 150 g/mol. The average molecular weight is 159 g/mol. The lowest BCUT2D eigenvalue weighted by atomic mass is 10.1. The van der Waals surface area contributed by atoms with Crippen LogP contribution in [0.3, 0.4) is 0 Å². The molecule has 0 fully saturated rings. The van der Waals surface area contributed by atoms with Gasteiger partial charge in [0.25, 0.3) is 0 Å². The lowest BCUT2D eigenvalue weighted by molar-refractivity contribution is -0.114. The third kappa shape index (κ3) is 1.05. The van der Waals surface area contributed by atoms with E-state index < -0.39 is 0 Å². The number of nitrogens with zero attached hydrogens (tertiary/aromatic N) is 1. The number of carbonyl (C=O) groups excluding carboxylic acids is 1. The van der Waals surface area contributed by atoms with Crippen LogP contribution in [-0.4, -0.2) is 11.8 Å². The topological polar surface area (TPSA) is 29.4 Å². The zero-order chi connectivity index (χ0) is 8.55. The molecule has 0 bridgehead atoms. The Morgan fingerprint density at radius 2 is 2.08 bits per heavy atom. The van der Waals surface area contributed by atoms with E-state index in [1.165, 1.54) is 0 Å². The van der Waals surface area contributed by atoms with Gasteiger partial charge in [0, 0.05) is 5.22 Å². The molecule has 0 spiro atoms. The summed E-state index contributed by atoms with van der Waals surface area (Å²) in [5.41, 5.74) is 0. The molecule has 2 heteroatoms. The molecule has 1 aliphatic rings. The molecule has 1 heterocycles. The number of benzene rings is 1. The second-order valence-corrected chi connectivity index (χ2v) is 2.91. The van der Waals surface area contributed by atoms with Crippen molar-refractivity contribution >= 4 is 11.9 Å². The molecule has 2 rings (SSSR count). The third-order valence-corrected chi connectivity index (χ3v) is 1.98. The molecule has 1 aliphatic heterocycles. The van der Waals surface area contributed by atoms with Crippen LogP contribution in [-0.2, 0) is 4.79 Å². The summed E-state index contributed by atoms with van der Waals surface area (Å²) in [5, 5.41) is 1.85. The van der Waals surface area contributed by atoms with Gasteiger partial charge in [-0.2, -0.15) is 0 Å². The summed E-state index contributed by atoms with van der Waals surface area (Å²) in [7, 11) is 0. The molecule has 0 unspecified atom stereocenters. The van der Waals surface area contributed by atoms with Crippen molar-refractivity contribution in [2.75, 3.05) is 0 Å². The van der Waals surface area contributed by atoms with E-state index >= 15 is 0 Å². The van der Waals surface area contributed by atoms with Crippen molar-refractivity contribution in [3.05, 3.63) is 34.8 Å². The Balaban J connectivity index is 2.79. The van der Waals surface area contributed by atoms with Gasteiger partial charge in [-0.25, -0.2) is 0 Å². The van der Waals surface area contributed by atoms with E-state index in [-0.39, 0.29) is 11.8 Å². The Morgan fingerprint density at radius 3 is 2.92 bits per heavy atom. The third-order valence-electron chi connectivity index (χ3n) is 1.98. The number of Topliss-reactive ketones (excluding diaryl/α,β-unsaturated/α-hetero) is 1. The van der Waals surface area contributed by atoms with Crippen molar-refractivity contribution in [1.82, 2.24) is 0 Å². The molecular formula is C10H9NO. The van der Waals surface area contributed by atoms with Crippen molar-refractivity contribution in [2.24, 2.45) is 4.99 Å². The van der Waals surface area contributed by atoms with Crippen LogP contribution in [0, 0.1) is 0 Å². The average Bonchev–Trinajstić information content (AvgIpc) is 2.07. The van der Waals surface area contributed by atoms with Gasteiger partial charge in [0.2, 0.25) is 0 Å². The highest BCUT2D eigenvalue weighted by molar-refractivity contribution is 6.09. The molecule has 12 heavy (non-hydrogen) atoms. The minimum absolute atomic E-state index is 0.0914.